The van der Waals surface area contributed by atoms with Crippen molar-refractivity contribution in [1.82, 2.24) is 0 Å². The van der Waals surface area contributed by atoms with Crippen LogP contribution in [0.5, 0.6) is 0 Å². The third kappa shape index (κ3) is 4.55. The van der Waals surface area contributed by atoms with Gasteiger partial charge in [-0.25, -0.2) is 0 Å². The molecule has 1 atom stereocenters. The molecule has 1 saturated heterocycles. The number of cyclic esters (lactones) is 1. The molecule has 0 aromatic heterocycles. The molecule has 1 aliphatic rings. The van der Waals surface area contributed by atoms with E-state index in [1.807, 2.05) is 0 Å². The molecule has 0 aromatic rings. The Balaban J connectivity index is 2.48. The minimum atomic E-state index is -1.85. The Hall–Kier alpha value is -0.0313. The van der Waals surface area contributed by atoms with Crippen molar-refractivity contribution >= 4 is 24.3 Å². The third-order valence-corrected chi connectivity index (χ3v) is 5.53. The molecule has 1 fully saturated rings. The molecule has 3 nitrogen and oxygen atoms in total. The van der Waals surface area contributed by atoms with Gasteiger partial charge in [-0.1, -0.05) is 0 Å². The molecule has 0 saturated carbocycles. The first-order valence-corrected chi connectivity index (χ1v) is 15.5. The van der Waals surface area contributed by atoms with E-state index in [-0.39, 0.29) is 5.97 Å². The quantitative estimate of drug-likeness (QED) is 0.592. The Kier molecular flexibility index (Phi) is 3.87. The van der Waals surface area contributed by atoms with Crippen LogP contribution in [-0.2, 0) is 14.3 Å². The van der Waals surface area contributed by atoms with Crippen molar-refractivity contribution in [2.45, 2.75) is 47.0 Å². The van der Waals surface area contributed by atoms with Gasteiger partial charge < -0.3 is 0 Å². The zero-order valence-electron chi connectivity index (χ0n) is 10.2. The Labute approximate surface area is 95.7 Å². The number of hydrogen-bond donors (Lipinski definition) is 0. The van der Waals surface area contributed by atoms with Gasteiger partial charge in [0.1, 0.15) is 0 Å². The average molecular weight is 319 g/mol. The van der Waals surface area contributed by atoms with Crippen molar-refractivity contribution in [2.75, 3.05) is 0 Å². The second-order valence-electron chi connectivity index (χ2n) is 5.43. The maximum atomic E-state index is 11.4. The van der Waals surface area contributed by atoms with E-state index in [4.69, 9.17) is 9.47 Å². The van der Waals surface area contributed by atoms with Gasteiger partial charge in [-0.2, -0.15) is 0 Å². The molecule has 0 amide bonds. The van der Waals surface area contributed by atoms with Crippen molar-refractivity contribution in [3.63, 3.8) is 0 Å². The SMILES string of the molecule is CC1(C)OC(=O)[C@@H](C/C=[CH]\[Sn]([CH3])([CH3])[CH3])O1. The van der Waals surface area contributed by atoms with E-state index in [9.17, 15) is 4.79 Å². The van der Waals surface area contributed by atoms with Crippen LogP contribution in [0.25, 0.3) is 0 Å². The summed E-state index contributed by atoms with van der Waals surface area (Å²) in [4.78, 5) is 18.3. The molecule has 0 spiro atoms. The van der Waals surface area contributed by atoms with Crippen LogP contribution in [0.15, 0.2) is 10.2 Å². The Morgan fingerprint density at radius 1 is 1.40 bits per heavy atom. The summed E-state index contributed by atoms with van der Waals surface area (Å²) in [6.45, 7) is 3.52. The summed E-state index contributed by atoms with van der Waals surface area (Å²) < 4.78 is 12.8. The van der Waals surface area contributed by atoms with Crippen LogP contribution >= 0.6 is 0 Å². The summed E-state index contributed by atoms with van der Waals surface area (Å²) >= 11 is -1.85. The second-order valence-corrected chi connectivity index (χ2v) is 19.9. The van der Waals surface area contributed by atoms with Gasteiger partial charge in [0.15, 0.2) is 0 Å². The molecular formula is C11H20O3Sn. The molecule has 15 heavy (non-hydrogen) atoms. The number of hydrogen-bond acceptors (Lipinski definition) is 3. The molecule has 0 radical (unpaired) electrons. The van der Waals surface area contributed by atoms with Gasteiger partial charge in [0.2, 0.25) is 0 Å². The van der Waals surface area contributed by atoms with Crippen molar-refractivity contribution < 1.29 is 14.3 Å². The molecule has 0 bridgehead atoms. The van der Waals surface area contributed by atoms with Crippen LogP contribution in [0.2, 0.25) is 14.8 Å². The first-order valence-electron chi connectivity index (χ1n) is 5.28. The first kappa shape index (κ1) is 13.0. The molecule has 1 heterocycles. The van der Waals surface area contributed by atoms with Crippen LogP contribution in [0.3, 0.4) is 0 Å². The van der Waals surface area contributed by atoms with Gasteiger partial charge in [-0.3, -0.25) is 0 Å². The normalized spacial score (nSPS) is 25.9. The standard InChI is InChI=1S/C8H11O3.3CH3.Sn/c1-4-5-6-7(9)11-8(2,3)10-6;;;;/h1,4,6H,5H2,2-3H3;3*1H3;/t6-;;;;/m1..../s1. The molecular weight excluding hydrogens is 299 g/mol. The molecule has 0 N–H and O–H groups in total. The number of rotatable bonds is 3. The third-order valence-electron chi connectivity index (χ3n) is 2.00. The van der Waals surface area contributed by atoms with Crippen LogP contribution in [0.1, 0.15) is 20.3 Å². The zero-order valence-corrected chi connectivity index (χ0v) is 13.0. The molecule has 4 heteroatoms. The summed E-state index contributed by atoms with van der Waals surface area (Å²) in [5.74, 6) is -0.991. The zero-order chi connectivity index (χ0) is 11.7. The Bertz CT molecular complexity index is 276. The van der Waals surface area contributed by atoms with Gasteiger partial charge in [-0.15, -0.1) is 0 Å². The molecule has 0 unspecified atom stereocenters. The molecule has 1 aliphatic heterocycles. The van der Waals surface area contributed by atoms with E-state index < -0.39 is 30.3 Å². The average Bonchev–Trinajstić information content (AvgIpc) is 2.22. The number of carbonyl (C=O) groups excluding carboxylic acids is 1. The molecule has 0 aliphatic carbocycles. The van der Waals surface area contributed by atoms with Gasteiger partial charge in [0.05, 0.1) is 0 Å². The Morgan fingerprint density at radius 3 is 2.40 bits per heavy atom. The van der Waals surface area contributed by atoms with Gasteiger partial charge in [0, 0.05) is 0 Å². The predicted octanol–water partition coefficient (Wildman–Crippen LogP) is 2.49. The fourth-order valence-corrected chi connectivity index (χ4v) is 3.82. The summed E-state index contributed by atoms with van der Waals surface area (Å²) in [5.41, 5.74) is 0. The number of esters is 1. The van der Waals surface area contributed by atoms with Gasteiger partial charge in [-0.05, 0) is 0 Å². The molecule has 1 rings (SSSR count). The molecule has 0 aromatic carbocycles. The number of carbonyl (C=O) groups is 1. The van der Waals surface area contributed by atoms with Crippen LogP contribution in [0, 0.1) is 0 Å². The predicted molar refractivity (Wildman–Crippen MR) is 62.1 cm³/mol. The van der Waals surface area contributed by atoms with Crippen molar-refractivity contribution in [3.8, 4) is 0 Å². The minimum absolute atomic E-state index is 0.242. The fourth-order valence-electron chi connectivity index (χ4n) is 1.41. The number of ether oxygens (including phenoxy) is 2. The van der Waals surface area contributed by atoms with E-state index in [1.165, 1.54) is 0 Å². The van der Waals surface area contributed by atoms with Gasteiger partial charge >= 0.3 is 95.8 Å². The summed E-state index contributed by atoms with van der Waals surface area (Å²) in [5, 5.41) is 0. The maximum absolute atomic E-state index is 11.4. The topological polar surface area (TPSA) is 35.5 Å². The van der Waals surface area contributed by atoms with Crippen LogP contribution in [-0.4, -0.2) is 36.2 Å². The van der Waals surface area contributed by atoms with Crippen molar-refractivity contribution in [1.29, 1.82) is 0 Å². The van der Waals surface area contributed by atoms with Crippen LogP contribution in [0.4, 0.5) is 0 Å². The first-order chi connectivity index (χ1) is 6.70. The second kappa shape index (κ2) is 4.45. The van der Waals surface area contributed by atoms with Crippen molar-refractivity contribution in [2.24, 2.45) is 0 Å². The van der Waals surface area contributed by atoms with E-state index in [0.717, 1.165) is 0 Å². The summed E-state index contributed by atoms with van der Waals surface area (Å²) in [6, 6.07) is 0. The summed E-state index contributed by atoms with van der Waals surface area (Å²) in [7, 11) is 0. The molecule has 86 valence electrons. The van der Waals surface area contributed by atoms with E-state index in [1.54, 1.807) is 13.8 Å². The fraction of sp³-hybridized carbons (Fsp3) is 0.727. The Morgan fingerprint density at radius 2 is 2.00 bits per heavy atom. The monoisotopic (exact) mass is 320 g/mol. The van der Waals surface area contributed by atoms with E-state index in [2.05, 4.69) is 25.0 Å². The van der Waals surface area contributed by atoms with Crippen LogP contribution < -0.4 is 0 Å². The van der Waals surface area contributed by atoms with E-state index >= 15 is 0 Å². The van der Waals surface area contributed by atoms with Crippen molar-refractivity contribution in [3.05, 3.63) is 10.2 Å². The summed E-state index contributed by atoms with van der Waals surface area (Å²) in [6.07, 6.45) is 2.30. The van der Waals surface area contributed by atoms with Gasteiger partial charge in [0.25, 0.3) is 0 Å². The van der Waals surface area contributed by atoms with E-state index in [0.29, 0.717) is 6.42 Å².